The van der Waals surface area contributed by atoms with Crippen molar-refractivity contribution in [2.24, 2.45) is 0 Å². The molecule has 112 valence electrons. The van der Waals surface area contributed by atoms with Gasteiger partial charge in [-0.15, -0.1) is 0 Å². The Balaban J connectivity index is 2.05. The van der Waals surface area contributed by atoms with Crippen LogP contribution < -0.4 is 5.32 Å². The van der Waals surface area contributed by atoms with E-state index in [-0.39, 0.29) is 0 Å². The minimum absolute atomic E-state index is 0.385. The lowest BCUT2D eigenvalue weighted by atomic mass is 9.94. The van der Waals surface area contributed by atoms with E-state index in [4.69, 9.17) is 4.74 Å². The van der Waals surface area contributed by atoms with Crippen LogP contribution in [0.1, 0.15) is 49.3 Å². The normalized spacial score (nSPS) is 20.9. The molecule has 1 fully saturated rings. The number of ether oxygens (including phenoxy) is 1. The summed E-state index contributed by atoms with van der Waals surface area (Å²) in [6.07, 6.45) is 6.37. The van der Waals surface area contributed by atoms with Crippen molar-refractivity contribution in [3.8, 4) is 0 Å². The van der Waals surface area contributed by atoms with Gasteiger partial charge in [0.1, 0.15) is 0 Å². The second kappa shape index (κ2) is 7.80. The second-order valence-electron chi connectivity index (χ2n) is 6.17. The first-order valence-electron chi connectivity index (χ1n) is 8.11. The van der Waals surface area contributed by atoms with E-state index >= 15 is 0 Å². The molecule has 2 heteroatoms. The van der Waals surface area contributed by atoms with Crippen molar-refractivity contribution in [1.29, 1.82) is 0 Å². The summed E-state index contributed by atoms with van der Waals surface area (Å²) in [4.78, 5) is 0. The minimum atomic E-state index is 0.385. The van der Waals surface area contributed by atoms with E-state index in [1.54, 1.807) is 0 Å². The molecule has 0 bridgehead atoms. The molecule has 0 aliphatic carbocycles. The maximum Gasteiger partial charge on any atom is 0.0731 e. The molecule has 0 radical (unpaired) electrons. The van der Waals surface area contributed by atoms with Crippen molar-refractivity contribution in [3.05, 3.63) is 34.9 Å². The molecule has 1 aliphatic rings. The van der Waals surface area contributed by atoms with Gasteiger partial charge in [0.25, 0.3) is 0 Å². The summed E-state index contributed by atoms with van der Waals surface area (Å²) < 4.78 is 6.01. The van der Waals surface area contributed by atoms with Gasteiger partial charge in [0.15, 0.2) is 0 Å². The topological polar surface area (TPSA) is 21.3 Å². The van der Waals surface area contributed by atoms with E-state index in [1.165, 1.54) is 42.4 Å². The average molecular weight is 275 g/mol. The summed E-state index contributed by atoms with van der Waals surface area (Å²) >= 11 is 0. The Bertz CT molecular complexity index is 390. The molecule has 0 saturated carbocycles. The zero-order chi connectivity index (χ0) is 14.4. The van der Waals surface area contributed by atoms with Gasteiger partial charge in [-0.2, -0.15) is 0 Å². The van der Waals surface area contributed by atoms with Crippen molar-refractivity contribution in [1.82, 2.24) is 5.32 Å². The molecular weight excluding hydrogens is 246 g/mol. The lowest BCUT2D eigenvalue weighted by Crippen LogP contribution is -2.44. The quantitative estimate of drug-likeness (QED) is 0.853. The largest absolute Gasteiger partial charge is 0.377 e. The van der Waals surface area contributed by atoms with Crippen LogP contribution in [0.15, 0.2) is 18.2 Å². The standard InChI is InChI=1S/C18H29NO/c1-4-8-19-17(18-7-5-6-9-20-18)13-16-11-14(2)10-15(3)12-16/h10-12,17-19H,4-9,13H2,1-3H3. The van der Waals surface area contributed by atoms with Gasteiger partial charge in [0.2, 0.25) is 0 Å². The Hall–Kier alpha value is -0.860. The Morgan fingerprint density at radius 2 is 1.95 bits per heavy atom. The first-order valence-corrected chi connectivity index (χ1v) is 8.11. The molecule has 1 aromatic carbocycles. The summed E-state index contributed by atoms with van der Waals surface area (Å²) in [5.41, 5.74) is 4.16. The Labute approximate surface area is 123 Å². The van der Waals surface area contributed by atoms with Crippen LogP contribution in [-0.4, -0.2) is 25.3 Å². The molecule has 1 aromatic rings. The third kappa shape index (κ3) is 4.60. The van der Waals surface area contributed by atoms with Crippen molar-refractivity contribution in [2.45, 2.75) is 65.0 Å². The fourth-order valence-corrected chi connectivity index (χ4v) is 3.19. The number of aryl methyl sites for hydroxylation is 2. The van der Waals surface area contributed by atoms with Crippen LogP contribution in [-0.2, 0) is 11.2 Å². The molecule has 2 unspecified atom stereocenters. The fourth-order valence-electron chi connectivity index (χ4n) is 3.19. The molecule has 2 nitrogen and oxygen atoms in total. The van der Waals surface area contributed by atoms with Gasteiger partial charge in [0, 0.05) is 12.6 Å². The molecule has 0 aromatic heterocycles. The third-order valence-corrected chi connectivity index (χ3v) is 4.06. The zero-order valence-electron chi connectivity index (χ0n) is 13.2. The summed E-state index contributed by atoms with van der Waals surface area (Å²) in [7, 11) is 0. The van der Waals surface area contributed by atoms with Gasteiger partial charge in [-0.05, 0) is 58.1 Å². The van der Waals surface area contributed by atoms with E-state index < -0.39 is 0 Å². The predicted octanol–water partition coefficient (Wildman–Crippen LogP) is 3.78. The maximum absolute atomic E-state index is 6.01. The highest BCUT2D eigenvalue weighted by atomic mass is 16.5. The second-order valence-corrected chi connectivity index (χ2v) is 6.17. The van der Waals surface area contributed by atoms with Crippen LogP contribution in [0.2, 0.25) is 0 Å². The SMILES string of the molecule is CCCNC(Cc1cc(C)cc(C)c1)C1CCCCO1. The molecule has 1 heterocycles. The maximum atomic E-state index is 6.01. The number of nitrogens with one attached hydrogen (secondary N) is 1. The van der Waals surface area contributed by atoms with Crippen LogP contribution >= 0.6 is 0 Å². The first kappa shape index (κ1) is 15.5. The summed E-state index contributed by atoms with van der Waals surface area (Å²) in [6.45, 7) is 8.60. The van der Waals surface area contributed by atoms with Crippen molar-refractivity contribution in [2.75, 3.05) is 13.2 Å². The highest BCUT2D eigenvalue weighted by molar-refractivity contribution is 5.29. The molecule has 0 spiro atoms. The average Bonchev–Trinajstić information content (AvgIpc) is 2.43. The van der Waals surface area contributed by atoms with Crippen LogP contribution in [0.4, 0.5) is 0 Å². The van der Waals surface area contributed by atoms with E-state index in [1.807, 2.05) is 0 Å². The van der Waals surface area contributed by atoms with Crippen LogP contribution in [0.25, 0.3) is 0 Å². The van der Waals surface area contributed by atoms with Gasteiger partial charge in [-0.3, -0.25) is 0 Å². The molecule has 0 amide bonds. The molecule has 1 saturated heterocycles. The number of benzene rings is 1. The van der Waals surface area contributed by atoms with Gasteiger partial charge >= 0.3 is 0 Å². The Morgan fingerprint density at radius 3 is 2.55 bits per heavy atom. The van der Waals surface area contributed by atoms with Gasteiger partial charge in [-0.25, -0.2) is 0 Å². The van der Waals surface area contributed by atoms with Crippen LogP contribution in [0.3, 0.4) is 0 Å². The van der Waals surface area contributed by atoms with Gasteiger partial charge in [0.05, 0.1) is 6.10 Å². The van der Waals surface area contributed by atoms with Gasteiger partial charge in [-0.1, -0.05) is 36.2 Å². The third-order valence-electron chi connectivity index (χ3n) is 4.06. The summed E-state index contributed by atoms with van der Waals surface area (Å²) in [6, 6.07) is 7.33. The van der Waals surface area contributed by atoms with Crippen molar-refractivity contribution < 1.29 is 4.74 Å². The molecule has 2 atom stereocenters. The Kier molecular flexibility index (Phi) is 6.06. The molecule has 1 aliphatic heterocycles. The smallest absolute Gasteiger partial charge is 0.0731 e. The number of hydrogen-bond acceptors (Lipinski definition) is 2. The molecule has 1 N–H and O–H groups in total. The van der Waals surface area contributed by atoms with E-state index in [0.29, 0.717) is 12.1 Å². The van der Waals surface area contributed by atoms with Crippen LogP contribution in [0.5, 0.6) is 0 Å². The summed E-state index contributed by atoms with van der Waals surface area (Å²) in [5, 5.41) is 3.70. The molecular formula is C18H29NO. The van der Waals surface area contributed by atoms with Gasteiger partial charge < -0.3 is 10.1 Å². The van der Waals surface area contributed by atoms with E-state index in [0.717, 1.165) is 19.6 Å². The van der Waals surface area contributed by atoms with Crippen molar-refractivity contribution >= 4 is 0 Å². The monoisotopic (exact) mass is 275 g/mol. The highest BCUT2D eigenvalue weighted by Gasteiger charge is 2.24. The number of rotatable bonds is 6. The van der Waals surface area contributed by atoms with Crippen molar-refractivity contribution in [3.63, 3.8) is 0 Å². The van der Waals surface area contributed by atoms with E-state index in [9.17, 15) is 0 Å². The first-order chi connectivity index (χ1) is 9.69. The lowest BCUT2D eigenvalue weighted by Gasteiger charge is -2.31. The van der Waals surface area contributed by atoms with E-state index in [2.05, 4.69) is 44.3 Å². The number of hydrogen-bond donors (Lipinski definition) is 1. The molecule has 20 heavy (non-hydrogen) atoms. The highest BCUT2D eigenvalue weighted by Crippen LogP contribution is 2.20. The minimum Gasteiger partial charge on any atom is -0.377 e. The Morgan fingerprint density at radius 1 is 1.20 bits per heavy atom. The lowest BCUT2D eigenvalue weighted by molar-refractivity contribution is -0.00738. The fraction of sp³-hybridized carbons (Fsp3) is 0.667. The molecule has 2 rings (SSSR count). The van der Waals surface area contributed by atoms with Crippen LogP contribution in [0, 0.1) is 13.8 Å². The summed E-state index contributed by atoms with van der Waals surface area (Å²) in [5.74, 6) is 0. The zero-order valence-corrected chi connectivity index (χ0v) is 13.2. The predicted molar refractivity (Wildman–Crippen MR) is 85.3 cm³/mol.